The van der Waals surface area contributed by atoms with E-state index in [0.717, 1.165) is 16.0 Å². The average molecular weight is 503 g/mol. The Balaban J connectivity index is 1.79. The van der Waals surface area contributed by atoms with Crippen molar-refractivity contribution in [3.05, 3.63) is 80.0 Å². The third-order valence-electron chi connectivity index (χ3n) is 4.50. The number of rotatable bonds is 5. The topological polar surface area (TPSA) is 102 Å². The lowest BCUT2D eigenvalue weighted by molar-refractivity contribution is 0.0520. The number of carbonyl (C=O) groups excluding carboxylic acids is 2. The first-order valence-electron chi connectivity index (χ1n) is 9.68. The van der Waals surface area contributed by atoms with Crippen molar-refractivity contribution in [1.82, 2.24) is 9.78 Å². The Bertz CT molecular complexity index is 1420. The van der Waals surface area contributed by atoms with Crippen molar-refractivity contribution >= 4 is 68.0 Å². The van der Waals surface area contributed by atoms with Gasteiger partial charge in [0.25, 0.3) is 5.56 Å². The van der Waals surface area contributed by atoms with Crippen LogP contribution in [0.3, 0.4) is 0 Å². The lowest BCUT2D eigenvalue weighted by Crippen LogP contribution is -2.26. The first-order chi connectivity index (χ1) is 15.9. The molecule has 0 saturated heterocycles. The van der Waals surface area contributed by atoms with E-state index in [1.54, 1.807) is 60.8 Å². The van der Waals surface area contributed by atoms with Crippen LogP contribution in [0.15, 0.2) is 58.7 Å². The van der Waals surface area contributed by atoms with E-state index < -0.39 is 17.6 Å². The number of esters is 1. The van der Waals surface area contributed by atoms with Crippen molar-refractivity contribution in [1.29, 1.82) is 0 Å². The van der Waals surface area contributed by atoms with Crippen molar-refractivity contribution < 1.29 is 14.3 Å². The van der Waals surface area contributed by atoms with E-state index >= 15 is 0 Å². The number of halogens is 2. The minimum Gasteiger partial charge on any atom is -0.461 e. The number of hydrogen-bond acceptors (Lipinski definition) is 6. The summed E-state index contributed by atoms with van der Waals surface area (Å²) in [6.45, 7) is 1.81. The Morgan fingerprint density at radius 2 is 1.85 bits per heavy atom. The molecule has 0 radical (unpaired) electrons. The quantitative estimate of drug-likeness (QED) is 0.347. The predicted molar refractivity (Wildman–Crippen MR) is 130 cm³/mol. The number of aromatic nitrogens is 2. The van der Waals surface area contributed by atoms with Crippen molar-refractivity contribution in [2.45, 2.75) is 6.92 Å². The van der Waals surface area contributed by atoms with Gasteiger partial charge < -0.3 is 10.1 Å². The number of amides is 2. The second kappa shape index (κ2) is 9.62. The maximum Gasteiger partial charge on any atom is 0.359 e. The summed E-state index contributed by atoms with van der Waals surface area (Å²) in [5, 5.41) is 12.8. The molecule has 0 atom stereocenters. The van der Waals surface area contributed by atoms with Crippen LogP contribution in [-0.4, -0.2) is 28.4 Å². The highest BCUT2D eigenvalue weighted by atomic mass is 35.5. The molecule has 0 saturated carbocycles. The van der Waals surface area contributed by atoms with Crippen molar-refractivity contribution in [2.24, 2.45) is 0 Å². The molecule has 0 unspecified atom stereocenters. The summed E-state index contributed by atoms with van der Waals surface area (Å²) in [5.74, 6) is -0.682. The minimum atomic E-state index is -0.682. The van der Waals surface area contributed by atoms with Crippen LogP contribution < -0.4 is 16.2 Å². The van der Waals surface area contributed by atoms with Crippen LogP contribution in [0, 0.1) is 0 Å². The summed E-state index contributed by atoms with van der Waals surface area (Å²) >= 11 is 13.0. The number of ether oxygens (including phenoxy) is 1. The molecule has 11 heteroatoms. The number of anilines is 2. The summed E-state index contributed by atoms with van der Waals surface area (Å²) in [6, 6.07) is 12.5. The van der Waals surface area contributed by atoms with Crippen LogP contribution in [0.2, 0.25) is 10.0 Å². The van der Waals surface area contributed by atoms with Crippen molar-refractivity contribution in [3.8, 4) is 5.69 Å². The third kappa shape index (κ3) is 4.85. The van der Waals surface area contributed by atoms with Gasteiger partial charge in [-0.05, 0) is 49.4 Å². The van der Waals surface area contributed by atoms with Gasteiger partial charge in [-0.25, -0.2) is 9.59 Å². The van der Waals surface area contributed by atoms with Crippen molar-refractivity contribution in [2.75, 3.05) is 17.2 Å². The van der Waals surface area contributed by atoms with Crippen LogP contribution in [0.5, 0.6) is 0 Å². The van der Waals surface area contributed by atoms with Gasteiger partial charge in [-0.1, -0.05) is 29.3 Å². The monoisotopic (exact) mass is 502 g/mol. The smallest absolute Gasteiger partial charge is 0.359 e. The molecule has 0 aliphatic carbocycles. The second-order valence-electron chi connectivity index (χ2n) is 6.71. The Morgan fingerprint density at radius 1 is 1.09 bits per heavy atom. The number of benzene rings is 2. The molecule has 0 aliphatic heterocycles. The second-order valence-corrected chi connectivity index (χ2v) is 8.46. The van der Waals surface area contributed by atoms with E-state index in [9.17, 15) is 14.4 Å². The molecule has 2 aromatic heterocycles. The first kappa shape index (κ1) is 22.8. The first-order valence-corrected chi connectivity index (χ1v) is 11.3. The van der Waals surface area contributed by atoms with Gasteiger partial charge in [-0.2, -0.15) is 9.78 Å². The van der Waals surface area contributed by atoms with Gasteiger partial charge in [0.1, 0.15) is 5.00 Å². The summed E-state index contributed by atoms with van der Waals surface area (Å²) in [7, 11) is 0. The van der Waals surface area contributed by atoms with Gasteiger partial charge in [0.15, 0.2) is 5.69 Å². The standard InChI is InChI=1S/C22H16Cl2N4O4S/c1-2-32-21(30)18-16-11-33-19(26-22(31)25-14-5-3-4-13(24)10-14)17(16)20(29)28(27-18)15-8-6-12(23)7-9-15/h3-11H,2H2,1H3,(H2,25,26,31). The van der Waals surface area contributed by atoms with E-state index in [1.807, 2.05) is 0 Å². The molecule has 0 fully saturated rings. The number of nitrogens with one attached hydrogen (secondary N) is 2. The Labute approximate surface area is 201 Å². The van der Waals surface area contributed by atoms with Gasteiger partial charge in [-0.3, -0.25) is 10.1 Å². The predicted octanol–water partition coefficient (Wildman–Crippen LogP) is 5.57. The lowest BCUT2D eigenvalue weighted by atomic mass is 10.2. The highest BCUT2D eigenvalue weighted by Crippen LogP contribution is 2.31. The molecule has 2 heterocycles. The molecule has 0 bridgehead atoms. The molecular formula is C22H16Cl2N4O4S. The van der Waals surface area contributed by atoms with Crippen LogP contribution in [0.4, 0.5) is 15.5 Å². The summed E-state index contributed by atoms with van der Waals surface area (Å²) in [6.07, 6.45) is 0. The largest absolute Gasteiger partial charge is 0.461 e. The zero-order chi connectivity index (χ0) is 23.5. The van der Waals surface area contributed by atoms with Gasteiger partial charge in [0.05, 0.1) is 17.7 Å². The average Bonchev–Trinajstić information content (AvgIpc) is 3.19. The van der Waals surface area contributed by atoms with Gasteiger partial charge in [0.2, 0.25) is 0 Å². The van der Waals surface area contributed by atoms with Crippen LogP contribution >= 0.6 is 34.5 Å². The van der Waals surface area contributed by atoms with E-state index in [2.05, 4.69) is 15.7 Å². The van der Waals surface area contributed by atoms with Gasteiger partial charge in [-0.15, -0.1) is 11.3 Å². The zero-order valence-electron chi connectivity index (χ0n) is 17.1. The Morgan fingerprint density at radius 3 is 2.55 bits per heavy atom. The SMILES string of the molecule is CCOC(=O)c1nn(-c2ccc(Cl)cc2)c(=O)c2c(NC(=O)Nc3cccc(Cl)c3)scc12. The van der Waals surface area contributed by atoms with Crippen LogP contribution in [-0.2, 0) is 4.74 Å². The maximum absolute atomic E-state index is 13.3. The summed E-state index contributed by atoms with van der Waals surface area (Å²) < 4.78 is 6.20. The van der Waals surface area contributed by atoms with Crippen molar-refractivity contribution in [3.63, 3.8) is 0 Å². The number of carbonyl (C=O) groups is 2. The molecule has 8 nitrogen and oxygen atoms in total. The molecule has 4 rings (SSSR count). The third-order valence-corrected chi connectivity index (χ3v) is 5.88. The Kier molecular flexibility index (Phi) is 6.64. The number of thiophene rings is 1. The number of hydrogen-bond donors (Lipinski definition) is 2. The Hall–Kier alpha value is -3.40. The molecule has 0 spiro atoms. The fourth-order valence-electron chi connectivity index (χ4n) is 3.08. The van der Waals surface area contributed by atoms with Gasteiger partial charge >= 0.3 is 12.0 Å². The minimum absolute atomic E-state index is 0.0408. The number of urea groups is 1. The van der Waals surface area contributed by atoms with E-state index in [4.69, 9.17) is 27.9 Å². The summed E-state index contributed by atoms with van der Waals surface area (Å²) in [4.78, 5) is 38.5. The van der Waals surface area contributed by atoms with Gasteiger partial charge in [0, 0.05) is 26.5 Å². The maximum atomic E-state index is 13.3. The van der Waals surface area contributed by atoms with E-state index in [-0.39, 0.29) is 28.1 Å². The molecule has 33 heavy (non-hydrogen) atoms. The van der Waals surface area contributed by atoms with E-state index in [0.29, 0.717) is 21.4 Å². The normalized spacial score (nSPS) is 10.8. The molecule has 2 N–H and O–H groups in total. The van der Waals surface area contributed by atoms with Crippen LogP contribution in [0.25, 0.3) is 16.5 Å². The molecule has 2 aromatic carbocycles. The zero-order valence-corrected chi connectivity index (χ0v) is 19.4. The molecular weight excluding hydrogens is 487 g/mol. The fourth-order valence-corrected chi connectivity index (χ4v) is 4.33. The molecule has 4 aromatic rings. The van der Waals surface area contributed by atoms with Crippen LogP contribution in [0.1, 0.15) is 17.4 Å². The molecule has 2 amide bonds. The number of nitrogens with zero attached hydrogens (tertiary/aromatic N) is 2. The highest BCUT2D eigenvalue weighted by Gasteiger charge is 2.23. The van der Waals surface area contributed by atoms with E-state index in [1.165, 1.54) is 0 Å². The molecule has 0 aliphatic rings. The molecule has 168 valence electrons. The number of fused-ring (bicyclic) bond motifs is 1. The fraction of sp³-hybridized carbons (Fsp3) is 0.0909. The lowest BCUT2D eigenvalue weighted by Gasteiger charge is -2.10. The summed E-state index contributed by atoms with van der Waals surface area (Å²) in [5.41, 5.74) is 0.325. The highest BCUT2D eigenvalue weighted by molar-refractivity contribution is 7.16.